The molecular weight excluding hydrogens is 261 g/mol. The number of hydrogen-bond donors (Lipinski definition) is 2. The van der Waals surface area contributed by atoms with Gasteiger partial charge in [-0.25, -0.2) is 4.79 Å². The first-order valence-electron chi connectivity index (χ1n) is 5.46. The van der Waals surface area contributed by atoms with Gasteiger partial charge in [-0.15, -0.1) is 0 Å². The van der Waals surface area contributed by atoms with Crippen molar-refractivity contribution in [1.82, 2.24) is 10.6 Å². The molecule has 0 aliphatic rings. The number of Topliss-reactive ketones (excluding diaryl/α,β-unsaturated/α-hetero) is 1. The molecule has 0 saturated carbocycles. The van der Waals surface area contributed by atoms with Crippen LogP contribution in [-0.2, 0) is 17.5 Å². The molecule has 19 heavy (non-hydrogen) atoms. The van der Waals surface area contributed by atoms with Crippen LogP contribution in [0.4, 0.5) is 18.0 Å². The summed E-state index contributed by atoms with van der Waals surface area (Å²) >= 11 is 0. The molecular formula is C12H13F3N2O2. The minimum atomic E-state index is -4.41. The lowest BCUT2D eigenvalue weighted by Gasteiger charge is -2.10. The van der Waals surface area contributed by atoms with E-state index in [4.69, 9.17) is 0 Å². The Balaban J connectivity index is 2.54. The Morgan fingerprint density at radius 3 is 2.47 bits per heavy atom. The van der Waals surface area contributed by atoms with Crippen molar-refractivity contribution in [3.8, 4) is 0 Å². The van der Waals surface area contributed by atoms with Crippen LogP contribution in [0.3, 0.4) is 0 Å². The SMILES string of the molecule is CC(=O)CNC(=O)NCc1cccc(C(F)(F)F)c1. The fraction of sp³-hybridized carbons (Fsp3) is 0.333. The number of carbonyl (C=O) groups is 2. The molecule has 4 nitrogen and oxygen atoms in total. The maximum absolute atomic E-state index is 12.4. The van der Waals surface area contributed by atoms with Crippen molar-refractivity contribution in [1.29, 1.82) is 0 Å². The summed E-state index contributed by atoms with van der Waals surface area (Å²) in [4.78, 5) is 21.8. The molecule has 0 spiro atoms. The fourth-order valence-corrected chi connectivity index (χ4v) is 1.31. The Kier molecular flexibility index (Phi) is 4.91. The predicted molar refractivity (Wildman–Crippen MR) is 62.4 cm³/mol. The second-order valence-electron chi connectivity index (χ2n) is 3.94. The molecule has 1 aromatic carbocycles. The zero-order chi connectivity index (χ0) is 14.5. The van der Waals surface area contributed by atoms with E-state index in [1.807, 2.05) is 0 Å². The van der Waals surface area contributed by atoms with Gasteiger partial charge in [0.25, 0.3) is 0 Å². The molecule has 2 N–H and O–H groups in total. The number of benzene rings is 1. The molecule has 104 valence electrons. The van der Waals surface area contributed by atoms with E-state index in [0.717, 1.165) is 12.1 Å². The second-order valence-corrected chi connectivity index (χ2v) is 3.94. The minimum absolute atomic E-state index is 0.0480. The zero-order valence-corrected chi connectivity index (χ0v) is 10.2. The number of nitrogens with one attached hydrogen (secondary N) is 2. The predicted octanol–water partition coefficient (Wildman–Crippen LogP) is 2.09. The molecule has 0 aromatic heterocycles. The summed E-state index contributed by atoms with van der Waals surface area (Å²) in [6.45, 7) is 1.15. The van der Waals surface area contributed by atoms with Crippen molar-refractivity contribution >= 4 is 11.8 Å². The molecule has 0 atom stereocenters. The second kappa shape index (κ2) is 6.21. The van der Waals surface area contributed by atoms with Gasteiger partial charge in [-0.2, -0.15) is 13.2 Å². The Hall–Kier alpha value is -2.05. The number of ketones is 1. The van der Waals surface area contributed by atoms with Gasteiger partial charge in [0.2, 0.25) is 0 Å². The van der Waals surface area contributed by atoms with E-state index in [2.05, 4.69) is 10.6 Å². The Morgan fingerprint density at radius 2 is 1.89 bits per heavy atom. The lowest BCUT2D eigenvalue weighted by atomic mass is 10.1. The van der Waals surface area contributed by atoms with Crippen molar-refractivity contribution in [2.45, 2.75) is 19.6 Å². The lowest BCUT2D eigenvalue weighted by Crippen LogP contribution is -2.37. The minimum Gasteiger partial charge on any atom is -0.334 e. The summed E-state index contributed by atoms with van der Waals surface area (Å²) in [5.74, 6) is -0.214. The lowest BCUT2D eigenvalue weighted by molar-refractivity contribution is -0.137. The molecule has 7 heteroatoms. The maximum atomic E-state index is 12.4. The average molecular weight is 274 g/mol. The molecule has 1 rings (SSSR count). The van der Waals surface area contributed by atoms with Crippen molar-refractivity contribution < 1.29 is 22.8 Å². The first kappa shape index (κ1) is 15.0. The van der Waals surface area contributed by atoms with Crippen molar-refractivity contribution in [2.75, 3.05) is 6.54 Å². The van der Waals surface area contributed by atoms with Crippen LogP contribution < -0.4 is 10.6 Å². The number of alkyl halides is 3. The van der Waals surface area contributed by atoms with Gasteiger partial charge >= 0.3 is 12.2 Å². The smallest absolute Gasteiger partial charge is 0.334 e. The van der Waals surface area contributed by atoms with E-state index in [9.17, 15) is 22.8 Å². The number of hydrogen-bond acceptors (Lipinski definition) is 2. The van der Waals surface area contributed by atoms with E-state index in [0.29, 0.717) is 5.56 Å². The topological polar surface area (TPSA) is 58.2 Å². The monoisotopic (exact) mass is 274 g/mol. The highest BCUT2D eigenvalue weighted by molar-refractivity contribution is 5.83. The normalized spacial score (nSPS) is 10.9. The number of halogens is 3. The fourth-order valence-electron chi connectivity index (χ4n) is 1.31. The van der Waals surface area contributed by atoms with Crippen LogP contribution >= 0.6 is 0 Å². The van der Waals surface area contributed by atoms with Gasteiger partial charge in [-0.05, 0) is 24.6 Å². The number of carbonyl (C=O) groups excluding carboxylic acids is 2. The van der Waals surface area contributed by atoms with Crippen LogP contribution in [0, 0.1) is 0 Å². The largest absolute Gasteiger partial charge is 0.416 e. The third-order valence-corrected chi connectivity index (χ3v) is 2.21. The third-order valence-electron chi connectivity index (χ3n) is 2.21. The first-order chi connectivity index (χ1) is 8.79. The van der Waals surface area contributed by atoms with Crippen LogP contribution in [0.5, 0.6) is 0 Å². The quantitative estimate of drug-likeness (QED) is 0.883. The Labute approximate surface area is 108 Å². The van der Waals surface area contributed by atoms with Crippen LogP contribution in [0.2, 0.25) is 0 Å². The van der Waals surface area contributed by atoms with Crippen molar-refractivity contribution in [3.63, 3.8) is 0 Å². The maximum Gasteiger partial charge on any atom is 0.416 e. The third kappa shape index (κ3) is 5.41. The van der Waals surface area contributed by atoms with Gasteiger partial charge in [0.05, 0.1) is 12.1 Å². The van der Waals surface area contributed by atoms with Gasteiger partial charge in [0.15, 0.2) is 0 Å². The van der Waals surface area contributed by atoms with Crippen LogP contribution in [0.15, 0.2) is 24.3 Å². The van der Waals surface area contributed by atoms with E-state index in [1.54, 1.807) is 0 Å². The molecule has 1 aromatic rings. The number of urea groups is 1. The van der Waals surface area contributed by atoms with Crippen LogP contribution in [0.1, 0.15) is 18.1 Å². The van der Waals surface area contributed by atoms with E-state index < -0.39 is 17.8 Å². The first-order valence-corrected chi connectivity index (χ1v) is 5.46. The summed E-state index contributed by atoms with van der Waals surface area (Å²) in [5, 5.41) is 4.64. The van der Waals surface area contributed by atoms with E-state index >= 15 is 0 Å². The summed E-state index contributed by atoms with van der Waals surface area (Å²) in [5.41, 5.74) is -0.441. The molecule has 0 radical (unpaired) electrons. The molecule has 0 bridgehead atoms. The number of rotatable bonds is 4. The Bertz CT molecular complexity index is 472. The summed E-state index contributed by atoms with van der Waals surface area (Å²) in [6.07, 6.45) is -4.41. The highest BCUT2D eigenvalue weighted by Gasteiger charge is 2.30. The Morgan fingerprint density at radius 1 is 1.21 bits per heavy atom. The molecule has 0 aliphatic carbocycles. The van der Waals surface area contributed by atoms with Gasteiger partial charge in [0, 0.05) is 6.54 Å². The van der Waals surface area contributed by atoms with Crippen molar-refractivity contribution in [3.05, 3.63) is 35.4 Å². The molecule has 2 amide bonds. The molecule has 0 fully saturated rings. The molecule has 0 heterocycles. The summed E-state index contributed by atoms with van der Waals surface area (Å²) < 4.78 is 37.3. The average Bonchev–Trinajstić information content (AvgIpc) is 2.33. The highest BCUT2D eigenvalue weighted by Crippen LogP contribution is 2.29. The van der Waals surface area contributed by atoms with Gasteiger partial charge in [0.1, 0.15) is 5.78 Å². The molecule has 0 aliphatic heterocycles. The van der Waals surface area contributed by atoms with Crippen molar-refractivity contribution in [2.24, 2.45) is 0 Å². The standard InChI is InChI=1S/C12H13F3N2O2/c1-8(18)6-16-11(19)17-7-9-3-2-4-10(5-9)12(13,14)15/h2-5H,6-7H2,1H3,(H2,16,17,19). The summed E-state index contributed by atoms with van der Waals surface area (Å²) in [7, 11) is 0. The highest BCUT2D eigenvalue weighted by atomic mass is 19.4. The van der Waals surface area contributed by atoms with Gasteiger partial charge < -0.3 is 10.6 Å². The van der Waals surface area contributed by atoms with Crippen LogP contribution in [-0.4, -0.2) is 18.4 Å². The van der Waals surface area contributed by atoms with Gasteiger partial charge in [-0.1, -0.05) is 12.1 Å². The summed E-state index contributed by atoms with van der Waals surface area (Å²) in [6, 6.07) is 4.06. The number of amides is 2. The van der Waals surface area contributed by atoms with E-state index in [1.165, 1.54) is 19.1 Å². The van der Waals surface area contributed by atoms with E-state index in [-0.39, 0.29) is 18.9 Å². The zero-order valence-electron chi connectivity index (χ0n) is 10.2. The molecule has 0 unspecified atom stereocenters. The molecule has 0 saturated heterocycles. The van der Waals surface area contributed by atoms with Crippen LogP contribution in [0.25, 0.3) is 0 Å². The van der Waals surface area contributed by atoms with Gasteiger partial charge in [-0.3, -0.25) is 4.79 Å².